The number of nitrogens with zero attached hydrogens (tertiary/aromatic N) is 1. The number of nitrogens with one attached hydrogen (secondary N) is 1. The summed E-state index contributed by atoms with van der Waals surface area (Å²) in [6.07, 6.45) is 1.54. The van der Waals surface area contributed by atoms with Gasteiger partial charge >= 0.3 is 0 Å². The summed E-state index contributed by atoms with van der Waals surface area (Å²) in [5.41, 5.74) is 5.22. The van der Waals surface area contributed by atoms with E-state index in [9.17, 15) is 4.79 Å². The smallest absolute Gasteiger partial charge is 0.277 e. The Morgan fingerprint density at radius 2 is 1.83 bits per heavy atom. The first-order valence-electron chi connectivity index (χ1n) is 7.25. The number of hydrogen-bond donors (Lipinski definition) is 1. The lowest BCUT2D eigenvalue weighted by Crippen LogP contribution is -2.25. The second-order valence-electron chi connectivity index (χ2n) is 5.04. The topological polar surface area (TPSA) is 59.9 Å². The van der Waals surface area contributed by atoms with Crippen LogP contribution >= 0.6 is 0 Å². The fraction of sp³-hybridized carbons (Fsp3) is 0.222. The van der Waals surface area contributed by atoms with E-state index < -0.39 is 0 Å². The first-order chi connectivity index (χ1) is 11.1. The molecule has 0 atom stereocenters. The van der Waals surface area contributed by atoms with Gasteiger partial charge in [-0.15, -0.1) is 0 Å². The van der Waals surface area contributed by atoms with E-state index in [0.29, 0.717) is 5.75 Å². The quantitative estimate of drug-likeness (QED) is 0.659. The molecule has 5 nitrogen and oxygen atoms in total. The standard InChI is InChI=1S/C18H20N2O3/c1-13-7-6-8-14(2)18(13)23-12-17(21)20-19-11-15-9-4-5-10-16(15)22-3/h4-11H,12H2,1-3H3,(H,20,21). The number of ether oxygens (including phenoxy) is 2. The van der Waals surface area contributed by atoms with Gasteiger partial charge in [-0.05, 0) is 37.1 Å². The van der Waals surface area contributed by atoms with Gasteiger partial charge < -0.3 is 9.47 Å². The van der Waals surface area contributed by atoms with E-state index in [1.807, 2.05) is 56.3 Å². The highest BCUT2D eigenvalue weighted by atomic mass is 16.5. The predicted octanol–water partition coefficient (Wildman–Crippen LogP) is 2.84. The Bertz CT molecular complexity index is 691. The van der Waals surface area contributed by atoms with Crippen LogP contribution in [0.1, 0.15) is 16.7 Å². The minimum Gasteiger partial charge on any atom is -0.496 e. The largest absolute Gasteiger partial charge is 0.496 e. The minimum absolute atomic E-state index is 0.0883. The van der Waals surface area contributed by atoms with Crippen molar-refractivity contribution in [2.75, 3.05) is 13.7 Å². The van der Waals surface area contributed by atoms with Crippen LogP contribution in [0.3, 0.4) is 0 Å². The van der Waals surface area contributed by atoms with E-state index in [0.717, 1.165) is 22.4 Å². The lowest BCUT2D eigenvalue weighted by atomic mass is 10.1. The molecule has 0 bridgehead atoms. The fourth-order valence-electron chi connectivity index (χ4n) is 2.14. The minimum atomic E-state index is -0.321. The lowest BCUT2D eigenvalue weighted by Gasteiger charge is -2.10. The maximum Gasteiger partial charge on any atom is 0.277 e. The first-order valence-corrected chi connectivity index (χ1v) is 7.25. The molecule has 0 unspecified atom stereocenters. The molecule has 0 saturated heterocycles. The highest BCUT2D eigenvalue weighted by Gasteiger charge is 2.06. The molecular formula is C18H20N2O3. The highest BCUT2D eigenvalue weighted by Crippen LogP contribution is 2.22. The molecule has 0 aliphatic heterocycles. The molecule has 2 rings (SSSR count). The summed E-state index contributed by atoms with van der Waals surface area (Å²) in [5.74, 6) is 1.10. The Kier molecular flexibility index (Phi) is 5.74. The number of methoxy groups -OCH3 is 1. The van der Waals surface area contributed by atoms with Crippen LogP contribution in [-0.4, -0.2) is 25.8 Å². The number of carbonyl (C=O) groups excluding carboxylic acids is 1. The normalized spacial score (nSPS) is 10.6. The summed E-state index contributed by atoms with van der Waals surface area (Å²) in [4.78, 5) is 11.8. The molecule has 0 spiro atoms. The van der Waals surface area contributed by atoms with Crippen molar-refractivity contribution in [3.05, 3.63) is 59.2 Å². The number of carbonyl (C=O) groups is 1. The molecule has 0 heterocycles. The lowest BCUT2D eigenvalue weighted by molar-refractivity contribution is -0.123. The van der Waals surface area contributed by atoms with Gasteiger partial charge in [0.05, 0.1) is 13.3 Å². The predicted molar refractivity (Wildman–Crippen MR) is 90.1 cm³/mol. The maximum atomic E-state index is 11.8. The molecule has 0 aliphatic rings. The molecule has 0 aliphatic carbocycles. The second-order valence-corrected chi connectivity index (χ2v) is 5.04. The average molecular weight is 312 g/mol. The van der Waals surface area contributed by atoms with Crippen LogP contribution in [0.4, 0.5) is 0 Å². The molecule has 5 heteroatoms. The average Bonchev–Trinajstić information content (AvgIpc) is 2.55. The van der Waals surface area contributed by atoms with E-state index in [-0.39, 0.29) is 12.5 Å². The van der Waals surface area contributed by atoms with Crippen molar-refractivity contribution in [1.29, 1.82) is 0 Å². The summed E-state index contributed by atoms with van der Waals surface area (Å²) >= 11 is 0. The van der Waals surface area contributed by atoms with Crippen LogP contribution in [0.5, 0.6) is 11.5 Å². The van der Waals surface area contributed by atoms with Gasteiger partial charge in [0.2, 0.25) is 0 Å². The van der Waals surface area contributed by atoms with Gasteiger partial charge in [-0.1, -0.05) is 30.3 Å². The Balaban J connectivity index is 1.89. The molecule has 2 aromatic rings. The Labute approximate surface area is 135 Å². The number of hydrogen-bond acceptors (Lipinski definition) is 4. The maximum absolute atomic E-state index is 11.8. The number of amides is 1. The third-order valence-corrected chi connectivity index (χ3v) is 3.29. The number of aryl methyl sites for hydroxylation is 2. The molecule has 120 valence electrons. The van der Waals surface area contributed by atoms with E-state index in [1.54, 1.807) is 7.11 Å². The van der Waals surface area contributed by atoms with Gasteiger partial charge in [0.1, 0.15) is 11.5 Å². The number of rotatable bonds is 6. The molecule has 2 aromatic carbocycles. The van der Waals surface area contributed by atoms with Crippen LogP contribution in [0.25, 0.3) is 0 Å². The van der Waals surface area contributed by atoms with E-state index in [2.05, 4.69) is 10.5 Å². The zero-order valence-corrected chi connectivity index (χ0v) is 13.5. The summed E-state index contributed by atoms with van der Waals surface area (Å²) in [7, 11) is 1.59. The van der Waals surface area contributed by atoms with Crippen LogP contribution in [0, 0.1) is 13.8 Å². The van der Waals surface area contributed by atoms with E-state index in [4.69, 9.17) is 9.47 Å². The van der Waals surface area contributed by atoms with Gasteiger partial charge in [-0.25, -0.2) is 5.43 Å². The van der Waals surface area contributed by atoms with E-state index in [1.165, 1.54) is 6.21 Å². The number of para-hydroxylation sites is 2. The molecule has 0 radical (unpaired) electrons. The highest BCUT2D eigenvalue weighted by molar-refractivity contribution is 5.85. The van der Waals surface area contributed by atoms with Crippen LogP contribution < -0.4 is 14.9 Å². The van der Waals surface area contributed by atoms with Crippen molar-refractivity contribution in [2.24, 2.45) is 5.10 Å². The monoisotopic (exact) mass is 312 g/mol. The van der Waals surface area contributed by atoms with Gasteiger partial charge in [0.15, 0.2) is 6.61 Å². The van der Waals surface area contributed by atoms with Gasteiger partial charge in [-0.2, -0.15) is 5.10 Å². The van der Waals surface area contributed by atoms with E-state index >= 15 is 0 Å². The Hall–Kier alpha value is -2.82. The van der Waals surface area contributed by atoms with Crippen molar-refractivity contribution < 1.29 is 14.3 Å². The fourth-order valence-corrected chi connectivity index (χ4v) is 2.14. The van der Waals surface area contributed by atoms with Crippen LogP contribution in [0.15, 0.2) is 47.6 Å². The third-order valence-electron chi connectivity index (χ3n) is 3.29. The number of benzene rings is 2. The van der Waals surface area contributed by atoms with Crippen molar-refractivity contribution in [3.8, 4) is 11.5 Å². The SMILES string of the molecule is COc1ccccc1C=NNC(=O)COc1c(C)cccc1C. The molecule has 23 heavy (non-hydrogen) atoms. The van der Waals surface area contributed by atoms with Crippen molar-refractivity contribution in [2.45, 2.75) is 13.8 Å². The van der Waals surface area contributed by atoms with Crippen molar-refractivity contribution >= 4 is 12.1 Å². The van der Waals surface area contributed by atoms with Crippen LogP contribution in [0.2, 0.25) is 0 Å². The number of hydrazone groups is 1. The molecule has 1 amide bonds. The third kappa shape index (κ3) is 4.57. The van der Waals surface area contributed by atoms with Crippen molar-refractivity contribution in [1.82, 2.24) is 5.43 Å². The summed E-state index contributed by atoms with van der Waals surface area (Å²) < 4.78 is 10.8. The zero-order chi connectivity index (χ0) is 16.7. The Morgan fingerprint density at radius 1 is 1.13 bits per heavy atom. The summed E-state index contributed by atoms with van der Waals surface area (Å²) in [6, 6.07) is 13.3. The van der Waals surface area contributed by atoms with Gasteiger partial charge in [0.25, 0.3) is 5.91 Å². The summed E-state index contributed by atoms with van der Waals surface area (Å²) in [6.45, 7) is 3.80. The molecule has 0 aromatic heterocycles. The van der Waals surface area contributed by atoms with Gasteiger partial charge in [-0.3, -0.25) is 4.79 Å². The van der Waals surface area contributed by atoms with Crippen LogP contribution in [-0.2, 0) is 4.79 Å². The zero-order valence-electron chi connectivity index (χ0n) is 13.5. The first kappa shape index (κ1) is 16.5. The molecular weight excluding hydrogens is 292 g/mol. The van der Waals surface area contributed by atoms with Gasteiger partial charge in [0, 0.05) is 5.56 Å². The molecule has 0 fully saturated rings. The summed E-state index contributed by atoms with van der Waals surface area (Å²) in [5, 5.41) is 3.92. The van der Waals surface area contributed by atoms with Crippen molar-refractivity contribution in [3.63, 3.8) is 0 Å². The Morgan fingerprint density at radius 3 is 2.52 bits per heavy atom. The molecule has 0 saturated carbocycles. The molecule has 1 N–H and O–H groups in total. The second kappa shape index (κ2) is 7.98.